The molecule has 0 saturated carbocycles. The lowest BCUT2D eigenvalue weighted by molar-refractivity contribution is -0.141. The highest BCUT2D eigenvalue weighted by Crippen LogP contribution is 2.17. The van der Waals surface area contributed by atoms with Crippen LogP contribution in [0.1, 0.15) is 53.4 Å². The first-order valence-electron chi connectivity index (χ1n) is 5.79. The third-order valence-corrected chi connectivity index (χ3v) is 2.73. The highest BCUT2D eigenvalue weighted by Gasteiger charge is 2.12. The molecule has 0 aliphatic rings. The van der Waals surface area contributed by atoms with Crippen molar-refractivity contribution < 1.29 is 9.90 Å². The van der Waals surface area contributed by atoms with Gasteiger partial charge in [-0.3, -0.25) is 4.79 Å². The van der Waals surface area contributed by atoms with Crippen molar-refractivity contribution in [2.24, 2.45) is 11.8 Å². The number of aliphatic carboxylic acids is 1. The normalized spacial score (nSPS) is 14.4. The van der Waals surface area contributed by atoms with Crippen molar-refractivity contribution in [3.05, 3.63) is 11.6 Å². The maximum atomic E-state index is 10.6. The lowest BCUT2D eigenvalue weighted by atomic mass is 9.94. The van der Waals surface area contributed by atoms with Crippen LogP contribution in [-0.2, 0) is 4.79 Å². The summed E-state index contributed by atoms with van der Waals surface area (Å²) in [5, 5.41) is 8.73. The van der Waals surface area contributed by atoms with Gasteiger partial charge in [-0.1, -0.05) is 25.5 Å². The molecule has 0 aromatic rings. The number of hydrogen-bond acceptors (Lipinski definition) is 1. The second-order valence-corrected chi connectivity index (χ2v) is 4.78. The average Bonchev–Trinajstić information content (AvgIpc) is 2.13. The molecule has 0 aliphatic heterocycles. The molecule has 0 radical (unpaired) electrons. The summed E-state index contributed by atoms with van der Waals surface area (Å²) in [5.74, 6) is -0.246. The molecule has 0 aromatic carbocycles. The fourth-order valence-corrected chi connectivity index (χ4v) is 1.46. The number of hydrogen-bond donors (Lipinski definition) is 1. The lowest BCUT2D eigenvalue weighted by Crippen LogP contribution is -2.10. The molecule has 0 spiro atoms. The van der Waals surface area contributed by atoms with Gasteiger partial charge < -0.3 is 5.11 Å². The van der Waals surface area contributed by atoms with Crippen molar-refractivity contribution in [3.63, 3.8) is 0 Å². The van der Waals surface area contributed by atoms with Crippen molar-refractivity contribution in [2.75, 3.05) is 0 Å². The molecule has 0 aromatic heterocycles. The van der Waals surface area contributed by atoms with E-state index in [-0.39, 0.29) is 5.92 Å². The van der Waals surface area contributed by atoms with Crippen LogP contribution in [0.4, 0.5) is 0 Å². The number of allylic oxidation sites excluding steroid dienone is 2. The summed E-state index contributed by atoms with van der Waals surface area (Å²) >= 11 is 0. The zero-order valence-corrected chi connectivity index (χ0v) is 10.4. The largest absolute Gasteiger partial charge is 0.481 e. The third kappa shape index (κ3) is 8.22. The zero-order valence-electron chi connectivity index (χ0n) is 10.4. The number of carbonyl (C=O) groups is 1. The van der Waals surface area contributed by atoms with Gasteiger partial charge in [0.05, 0.1) is 5.92 Å². The van der Waals surface area contributed by atoms with Gasteiger partial charge in [0.15, 0.2) is 0 Å². The molecule has 2 atom stereocenters. The Bertz CT molecular complexity index is 215. The van der Waals surface area contributed by atoms with E-state index in [0.29, 0.717) is 5.92 Å². The van der Waals surface area contributed by atoms with E-state index >= 15 is 0 Å². The van der Waals surface area contributed by atoms with Crippen LogP contribution in [0.5, 0.6) is 0 Å². The summed E-state index contributed by atoms with van der Waals surface area (Å²) in [5.41, 5.74) is 1.36. The minimum absolute atomic E-state index is 0.198. The van der Waals surface area contributed by atoms with E-state index in [1.807, 2.05) is 0 Å². The summed E-state index contributed by atoms with van der Waals surface area (Å²) in [6.07, 6.45) is 6.34. The van der Waals surface area contributed by atoms with E-state index in [1.165, 1.54) is 5.57 Å². The highest BCUT2D eigenvalue weighted by molar-refractivity contribution is 5.69. The third-order valence-electron chi connectivity index (χ3n) is 2.73. The second kappa shape index (κ2) is 7.49. The maximum Gasteiger partial charge on any atom is 0.306 e. The molecule has 0 amide bonds. The molecular weight excluding hydrogens is 188 g/mol. The molecule has 0 fully saturated rings. The number of carboxylic acids is 1. The summed E-state index contributed by atoms with van der Waals surface area (Å²) in [7, 11) is 0. The number of carboxylic acid groups (broad SMARTS) is 1. The van der Waals surface area contributed by atoms with E-state index in [2.05, 4.69) is 26.8 Å². The van der Waals surface area contributed by atoms with E-state index in [4.69, 9.17) is 5.11 Å². The molecule has 1 N–H and O–H groups in total. The van der Waals surface area contributed by atoms with E-state index in [0.717, 1.165) is 25.7 Å². The SMILES string of the molecule is CC(C)=CCC[C@@H](C)CC[C@H](C)C(=O)O. The molecule has 0 unspecified atom stereocenters. The Morgan fingerprint density at radius 1 is 1.20 bits per heavy atom. The van der Waals surface area contributed by atoms with Crippen molar-refractivity contribution in [1.82, 2.24) is 0 Å². The Balaban J connectivity index is 3.62. The molecule has 0 bridgehead atoms. The first kappa shape index (κ1) is 14.2. The van der Waals surface area contributed by atoms with Gasteiger partial charge in [0.25, 0.3) is 0 Å². The Hall–Kier alpha value is -0.790. The van der Waals surface area contributed by atoms with Crippen molar-refractivity contribution in [3.8, 4) is 0 Å². The maximum absolute atomic E-state index is 10.6. The fraction of sp³-hybridized carbons (Fsp3) is 0.769. The molecule has 0 aliphatic carbocycles. The van der Waals surface area contributed by atoms with Gasteiger partial charge in [-0.25, -0.2) is 0 Å². The Labute approximate surface area is 93.4 Å². The van der Waals surface area contributed by atoms with Gasteiger partial charge in [-0.2, -0.15) is 0 Å². The van der Waals surface area contributed by atoms with Crippen LogP contribution in [-0.4, -0.2) is 11.1 Å². The lowest BCUT2D eigenvalue weighted by Gasteiger charge is -2.11. The Kier molecular flexibility index (Phi) is 7.10. The van der Waals surface area contributed by atoms with Crippen LogP contribution in [0.3, 0.4) is 0 Å². The molecule has 15 heavy (non-hydrogen) atoms. The van der Waals surface area contributed by atoms with Gasteiger partial charge in [-0.05, 0) is 45.4 Å². The van der Waals surface area contributed by atoms with E-state index in [1.54, 1.807) is 6.92 Å². The summed E-state index contributed by atoms with van der Waals surface area (Å²) in [6, 6.07) is 0. The van der Waals surface area contributed by atoms with Crippen molar-refractivity contribution in [2.45, 2.75) is 53.4 Å². The minimum Gasteiger partial charge on any atom is -0.481 e. The number of rotatable bonds is 7. The topological polar surface area (TPSA) is 37.3 Å². The van der Waals surface area contributed by atoms with E-state index < -0.39 is 5.97 Å². The van der Waals surface area contributed by atoms with Crippen LogP contribution in [0.2, 0.25) is 0 Å². The average molecular weight is 212 g/mol. The van der Waals surface area contributed by atoms with E-state index in [9.17, 15) is 4.79 Å². The fourth-order valence-electron chi connectivity index (χ4n) is 1.46. The quantitative estimate of drug-likeness (QED) is 0.650. The first-order chi connectivity index (χ1) is 6.93. The van der Waals surface area contributed by atoms with Crippen LogP contribution in [0.25, 0.3) is 0 Å². The predicted octanol–water partition coefficient (Wildman–Crippen LogP) is 3.87. The van der Waals surface area contributed by atoms with Crippen molar-refractivity contribution >= 4 is 5.97 Å². The van der Waals surface area contributed by atoms with Crippen LogP contribution < -0.4 is 0 Å². The van der Waals surface area contributed by atoms with Gasteiger partial charge >= 0.3 is 5.97 Å². The molecule has 0 rings (SSSR count). The molecule has 2 heteroatoms. The van der Waals surface area contributed by atoms with Gasteiger partial charge in [0, 0.05) is 0 Å². The standard InChI is InChI=1S/C13H24O2/c1-10(2)6-5-7-11(3)8-9-12(4)13(14)15/h6,11-12H,5,7-9H2,1-4H3,(H,14,15)/t11-,12+/m1/s1. The minimum atomic E-state index is -0.675. The molecule has 0 saturated heterocycles. The Morgan fingerprint density at radius 3 is 2.27 bits per heavy atom. The summed E-state index contributed by atoms with van der Waals surface area (Å²) in [4.78, 5) is 10.6. The molecule has 0 heterocycles. The summed E-state index contributed by atoms with van der Waals surface area (Å²) < 4.78 is 0. The monoisotopic (exact) mass is 212 g/mol. The predicted molar refractivity (Wildman–Crippen MR) is 63.9 cm³/mol. The first-order valence-corrected chi connectivity index (χ1v) is 5.79. The van der Waals surface area contributed by atoms with Crippen LogP contribution in [0, 0.1) is 11.8 Å². The zero-order chi connectivity index (χ0) is 11.8. The smallest absolute Gasteiger partial charge is 0.306 e. The van der Waals surface area contributed by atoms with Crippen LogP contribution in [0.15, 0.2) is 11.6 Å². The Morgan fingerprint density at radius 2 is 1.80 bits per heavy atom. The molecular formula is C13H24O2. The highest BCUT2D eigenvalue weighted by atomic mass is 16.4. The second-order valence-electron chi connectivity index (χ2n) is 4.78. The molecule has 88 valence electrons. The van der Waals surface area contributed by atoms with Gasteiger partial charge in [0.2, 0.25) is 0 Å². The summed E-state index contributed by atoms with van der Waals surface area (Å²) in [6.45, 7) is 8.20. The van der Waals surface area contributed by atoms with Gasteiger partial charge in [-0.15, -0.1) is 0 Å². The van der Waals surface area contributed by atoms with Gasteiger partial charge in [0.1, 0.15) is 0 Å². The van der Waals surface area contributed by atoms with Crippen LogP contribution >= 0.6 is 0 Å². The van der Waals surface area contributed by atoms with Crippen molar-refractivity contribution in [1.29, 1.82) is 0 Å². The molecule has 2 nitrogen and oxygen atoms in total.